The number of rotatable bonds is 3. The molecule has 0 aliphatic heterocycles. The molecule has 0 fully saturated rings. The Kier molecular flexibility index (Phi) is 2.74. The summed E-state index contributed by atoms with van der Waals surface area (Å²) in [6.45, 7) is 0. The van der Waals surface area contributed by atoms with Crippen molar-refractivity contribution in [3.05, 3.63) is 54.0 Å². The number of furan rings is 1. The number of aliphatic hydroxyl groups excluding tert-OH is 1. The third-order valence-electron chi connectivity index (χ3n) is 2.24. The molecule has 0 bridgehead atoms. The first-order valence-electron chi connectivity index (χ1n) is 4.66. The summed E-state index contributed by atoms with van der Waals surface area (Å²) in [5.41, 5.74) is 0.783. The first-order valence-corrected chi connectivity index (χ1v) is 4.66. The Bertz CT molecular complexity index is 403. The molecule has 0 amide bonds. The van der Waals surface area contributed by atoms with Crippen molar-refractivity contribution >= 4 is 0 Å². The van der Waals surface area contributed by atoms with Gasteiger partial charge in [-0.25, -0.2) is 0 Å². The predicted molar refractivity (Wildman–Crippen MR) is 55.8 cm³/mol. The van der Waals surface area contributed by atoms with E-state index in [1.165, 1.54) is 0 Å². The summed E-state index contributed by atoms with van der Waals surface area (Å²) in [5.74, 6) is 1.31. The summed E-state index contributed by atoms with van der Waals surface area (Å²) in [6.07, 6.45) is 0.827. The van der Waals surface area contributed by atoms with Crippen molar-refractivity contribution in [3.8, 4) is 5.75 Å². The second-order valence-electron chi connectivity index (χ2n) is 3.19. The van der Waals surface area contributed by atoms with Gasteiger partial charge in [-0.15, -0.1) is 0 Å². The van der Waals surface area contributed by atoms with Crippen LogP contribution in [0.2, 0.25) is 0 Å². The molecule has 15 heavy (non-hydrogen) atoms. The molecule has 2 rings (SSSR count). The summed E-state index contributed by atoms with van der Waals surface area (Å²) >= 11 is 0. The Balaban J connectivity index is 2.22. The predicted octanol–water partition coefficient (Wildman–Crippen LogP) is 2.37. The van der Waals surface area contributed by atoms with Crippen molar-refractivity contribution in [2.24, 2.45) is 0 Å². The molecule has 0 unspecified atom stereocenters. The fourth-order valence-electron chi connectivity index (χ4n) is 1.40. The second kappa shape index (κ2) is 4.19. The number of ether oxygens (including phenoxy) is 1. The minimum Gasteiger partial charge on any atom is -0.497 e. The van der Waals surface area contributed by atoms with Crippen LogP contribution in [-0.2, 0) is 0 Å². The molecule has 1 aromatic heterocycles. The van der Waals surface area contributed by atoms with Crippen molar-refractivity contribution in [3.63, 3.8) is 0 Å². The minimum absolute atomic E-state index is 0.542. The van der Waals surface area contributed by atoms with Crippen LogP contribution >= 0.6 is 0 Å². The molecule has 0 spiro atoms. The molecular formula is C12H12O3. The first kappa shape index (κ1) is 9.80. The third kappa shape index (κ3) is 2.02. The highest BCUT2D eigenvalue weighted by molar-refractivity contribution is 5.31. The molecule has 1 N–H and O–H groups in total. The van der Waals surface area contributed by atoms with Gasteiger partial charge >= 0.3 is 0 Å². The summed E-state index contributed by atoms with van der Waals surface area (Å²) in [7, 11) is 1.61. The van der Waals surface area contributed by atoms with E-state index in [0.717, 1.165) is 11.3 Å². The summed E-state index contributed by atoms with van der Waals surface area (Å²) in [6, 6.07) is 10.7. The summed E-state index contributed by atoms with van der Waals surface area (Å²) in [4.78, 5) is 0. The topological polar surface area (TPSA) is 42.6 Å². The smallest absolute Gasteiger partial charge is 0.137 e. The lowest BCUT2D eigenvalue weighted by Gasteiger charge is -2.08. The van der Waals surface area contributed by atoms with Crippen molar-refractivity contribution in [2.45, 2.75) is 6.10 Å². The van der Waals surface area contributed by atoms with Gasteiger partial charge in [0, 0.05) is 0 Å². The molecule has 78 valence electrons. The van der Waals surface area contributed by atoms with E-state index in [4.69, 9.17) is 9.15 Å². The molecule has 0 radical (unpaired) electrons. The van der Waals surface area contributed by atoms with Crippen LogP contribution in [0.3, 0.4) is 0 Å². The average molecular weight is 204 g/mol. The lowest BCUT2D eigenvalue weighted by Crippen LogP contribution is -1.97. The van der Waals surface area contributed by atoms with Crippen LogP contribution in [0.1, 0.15) is 17.4 Å². The van der Waals surface area contributed by atoms with Crippen LogP contribution < -0.4 is 4.74 Å². The highest BCUT2D eigenvalue weighted by Gasteiger charge is 2.12. The quantitative estimate of drug-likeness (QED) is 0.834. The Morgan fingerprint density at radius 2 is 1.93 bits per heavy atom. The molecule has 0 aliphatic carbocycles. The van der Waals surface area contributed by atoms with E-state index in [1.807, 2.05) is 24.3 Å². The molecule has 1 heterocycles. The van der Waals surface area contributed by atoms with E-state index in [-0.39, 0.29) is 0 Å². The molecule has 3 heteroatoms. The number of hydrogen-bond acceptors (Lipinski definition) is 3. The average Bonchev–Trinajstić information content (AvgIpc) is 2.82. The number of methoxy groups -OCH3 is 1. The van der Waals surface area contributed by atoms with Crippen molar-refractivity contribution in [1.29, 1.82) is 0 Å². The maximum atomic E-state index is 9.91. The second-order valence-corrected chi connectivity index (χ2v) is 3.19. The van der Waals surface area contributed by atoms with Crippen LogP contribution in [0, 0.1) is 0 Å². The Hall–Kier alpha value is -1.74. The van der Waals surface area contributed by atoms with E-state index < -0.39 is 6.10 Å². The highest BCUT2D eigenvalue weighted by atomic mass is 16.5. The Morgan fingerprint density at radius 1 is 1.20 bits per heavy atom. The normalized spacial score (nSPS) is 12.4. The molecule has 2 aromatic rings. The van der Waals surface area contributed by atoms with Crippen molar-refractivity contribution < 1.29 is 14.3 Å². The zero-order valence-electron chi connectivity index (χ0n) is 8.38. The van der Waals surface area contributed by atoms with Gasteiger partial charge in [-0.05, 0) is 29.8 Å². The first-order chi connectivity index (χ1) is 7.31. The van der Waals surface area contributed by atoms with Crippen LogP contribution in [0.5, 0.6) is 5.75 Å². The molecule has 0 saturated heterocycles. The van der Waals surface area contributed by atoms with Gasteiger partial charge in [0.1, 0.15) is 17.6 Å². The van der Waals surface area contributed by atoms with Gasteiger partial charge in [-0.2, -0.15) is 0 Å². The third-order valence-corrected chi connectivity index (χ3v) is 2.24. The Morgan fingerprint density at radius 3 is 2.47 bits per heavy atom. The maximum Gasteiger partial charge on any atom is 0.137 e. The molecule has 1 atom stereocenters. The van der Waals surface area contributed by atoms with Gasteiger partial charge in [-0.1, -0.05) is 12.1 Å². The lowest BCUT2D eigenvalue weighted by molar-refractivity contribution is 0.189. The summed E-state index contributed by atoms with van der Waals surface area (Å²) in [5, 5.41) is 9.91. The maximum absolute atomic E-state index is 9.91. The van der Waals surface area contributed by atoms with Crippen LogP contribution in [-0.4, -0.2) is 12.2 Å². The molecule has 1 aromatic carbocycles. The highest BCUT2D eigenvalue weighted by Crippen LogP contribution is 2.23. The van der Waals surface area contributed by atoms with E-state index >= 15 is 0 Å². The monoisotopic (exact) mass is 204 g/mol. The minimum atomic E-state index is -0.717. The molecule has 3 nitrogen and oxygen atoms in total. The van der Waals surface area contributed by atoms with E-state index in [2.05, 4.69) is 0 Å². The van der Waals surface area contributed by atoms with Gasteiger partial charge < -0.3 is 14.3 Å². The van der Waals surface area contributed by atoms with Gasteiger partial charge in [0.25, 0.3) is 0 Å². The Labute approximate surface area is 87.9 Å². The number of benzene rings is 1. The standard InChI is InChI=1S/C12H12O3/c1-14-10-6-4-9(5-7-10)12(13)11-3-2-8-15-11/h2-8,12-13H,1H3/t12-/m1/s1. The van der Waals surface area contributed by atoms with E-state index in [0.29, 0.717) is 5.76 Å². The van der Waals surface area contributed by atoms with E-state index in [1.54, 1.807) is 25.5 Å². The fourth-order valence-corrected chi connectivity index (χ4v) is 1.40. The van der Waals surface area contributed by atoms with Crippen LogP contribution in [0.15, 0.2) is 47.1 Å². The van der Waals surface area contributed by atoms with Crippen molar-refractivity contribution in [1.82, 2.24) is 0 Å². The fraction of sp³-hybridized carbons (Fsp3) is 0.167. The van der Waals surface area contributed by atoms with Crippen LogP contribution in [0.25, 0.3) is 0 Å². The summed E-state index contributed by atoms with van der Waals surface area (Å²) < 4.78 is 10.2. The number of hydrogen-bond donors (Lipinski definition) is 1. The largest absolute Gasteiger partial charge is 0.497 e. The molecule has 0 saturated carbocycles. The van der Waals surface area contributed by atoms with Crippen LogP contribution in [0.4, 0.5) is 0 Å². The molecule has 0 aliphatic rings. The van der Waals surface area contributed by atoms with Crippen molar-refractivity contribution in [2.75, 3.05) is 7.11 Å². The zero-order chi connectivity index (χ0) is 10.7. The van der Waals surface area contributed by atoms with Gasteiger partial charge in [-0.3, -0.25) is 0 Å². The number of aliphatic hydroxyl groups is 1. The van der Waals surface area contributed by atoms with Gasteiger partial charge in [0.2, 0.25) is 0 Å². The zero-order valence-corrected chi connectivity index (χ0v) is 8.38. The van der Waals surface area contributed by atoms with Gasteiger partial charge in [0.15, 0.2) is 0 Å². The lowest BCUT2D eigenvalue weighted by atomic mass is 10.1. The van der Waals surface area contributed by atoms with Gasteiger partial charge in [0.05, 0.1) is 13.4 Å². The SMILES string of the molecule is COc1ccc([C@@H](O)c2ccco2)cc1. The molecular weight excluding hydrogens is 192 g/mol. The van der Waals surface area contributed by atoms with E-state index in [9.17, 15) is 5.11 Å².